The molecule has 0 aliphatic carbocycles. The van der Waals surface area contributed by atoms with Crippen molar-refractivity contribution in [2.24, 2.45) is 0 Å². The van der Waals surface area contributed by atoms with E-state index in [-0.39, 0.29) is 6.61 Å². The molecule has 28 heavy (non-hydrogen) atoms. The zero-order valence-electron chi connectivity index (χ0n) is 17.0. The number of ether oxygens (including phenoxy) is 2. The summed E-state index contributed by atoms with van der Waals surface area (Å²) in [7, 11) is 3.35. The molecular formula is C21H32N4O3. The number of rotatable bonds is 10. The van der Waals surface area contributed by atoms with Gasteiger partial charge in [-0.15, -0.1) is 0 Å². The van der Waals surface area contributed by atoms with E-state index in [1.807, 2.05) is 29.2 Å². The monoisotopic (exact) mass is 388 g/mol. The number of hydrogen-bond donors (Lipinski definition) is 1. The summed E-state index contributed by atoms with van der Waals surface area (Å²) in [5.74, 6) is 1.62. The van der Waals surface area contributed by atoms with Crippen molar-refractivity contribution < 1.29 is 14.6 Å². The fraction of sp³-hybridized carbons (Fsp3) is 0.571. The maximum atomic E-state index is 9.56. The van der Waals surface area contributed by atoms with E-state index in [1.165, 1.54) is 5.56 Å². The van der Waals surface area contributed by atoms with E-state index < -0.39 is 0 Å². The van der Waals surface area contributed by atoms with Gasteiger partial charge in [0.05, 0.1) is 14.2 Å². The molecule has 1 unspecified atom stereocenters. The summed E-state index contributed by atoms with van der Waals surface area (Å²) in [6.07, 6.45) is 5.70. The average molecular weight is 389 g/mol. The molecule has 7 nitrogen and oxygen atoms in total. The van der Waals surface area contributed by atoms with Crippen molar-refractivity contribution in [1.29, 1.82) is 0 Å². The largest absolute Gasteiger partial charge is 0.497 e. The summed E-state index contributed by atoms with van der Waals surface area (Å²) < 4.78 is 12.8. The van der Waals surface area contributed by atoms with Gasteiger partial charge in [-0.25, -0.2) is 0 Å². The van der Waals surface area contributed by atoms with E-state index in [4.69, 9.17) is 9.47 Å². The molecule has 1 saturated heterocycles. The van der Waals surface area contributed by atoms with E-state index in [2.05, 4.69) is 27.0 Å². The van der Waals surface area contributed by atoms with Gasteiger partial charge in [0, 0.05) is 70.4 Å². The number of hydrogen-bond acceptors (Lipinski definition) is 6. The molecule has 1 N–H and O–H groups in total. The second-order valence-electron chi connectivity index (χ2n) is 7.28. The highest BCUT2D eigenvalue weighted by molar-refractivity contribution is 5.38. The van der Waals surface area contributed by atoms with Crippen LogP contribution < -0.4 is 9.47 Å². The summed E-state index contributed by atoms with van der Waals surface area (Å²) in [6, 6.07) is 8.33. The maximum Gasteiger partial charge on any atom is 0.122 e. The first-order chi connectivity index (χ1) is 13.7. The third-order valence-corrected chi connectivity index (χ3v) is 5.37. The second-order valence-corrected chi connectivity index (χ2v) is 7.28. The van der Waals surface area contributed by atoms with Gasteiger partial charge in [-0.2, -0.15) is 5.10 Å². The van der Waals surface area contributed by atoms with Crippen LogP contribution in [0.4, 0.5) is 0 Å². The molecule has 1 aliphatic heterocycles. The van der Waals surface area contributed by atoms with E-state index in [9.17, 15) is 5.11 Å². The van der Waals surface area contributed by atoms with E-state index >= 15 is 0 Å². The second kappa shape index (κ2) is 10.5. The smallest absolute Gasteiger partial charge is 0.122 e. The highest BCUT2D eigenvalue weighted by atomic mass is 16.5. The molecule has 2 heterocycles. The average Bonchev–Trinajstić information content (AvgIpc) is 3.23. The van der Waals surface area contributed by atoms with Crippen molar-refractivity contribution >= 4 is 0 Å². The quantitative estimate of drug-likeness (QED) is 0.670. The highest BCUT2D eigenvalue weighted by Crippen LogP contribution is 2.25. The molecule has 3 rings (SSSR count). The van der Waals surface area contributed by atoms with Gasteiger partial charge < -0.3 is 19.5 Å². The molecule has 1 fully saturated rings. The molecule has 0 bridgehead atoms. The number of aromatic nitrogens is 2. The zero-order valence-corrected chi connectivity index (χ0v) is 17.0. The standard InChI is InChI=1S/C21H32N4O3/c1-27-20-13-18(14-21(15-20)28-2)16-24-11-10-23(17-19(24)5-12-26)7-4-9-25-8-3-6-22-25/h3,6,8,13-15,19,26H,4-5,7,9-12,16-17H2,1-2H3. The molecular weight excluding hydrogens is 356 g/mol. The lowest BCUT2D eigenvalue weighted by Gasteiger charge is -2.41. The van der Waals surface area contributed by atoms with Gasteiger partial charge in [0.15, 0.2) is 0 Å². The number of aliphatic hydroxyl groups excluding tert-OH is 1. The van der Waals surface area contributed by atoms with Gasteiger partial charge in [-0.05, 0) is 36.6 Å². The van der Waals surface area contributed by atoms with Gasteiger partial charge in [-0.1, -0.05) is 0 Å². The van der Waals surface area contributed by atoms with Gasteiger partial charge >= 0.3 is 0 Å². The Labute approximate surface area is 167 Å². The first kappa shape index (κ1) is 20.6. The Kier molecular flexibility index (Phi) is 7.71. The number of nitrogens with zero attached hydrogens (tertiary/aromatic N) is 4. The lowest BCUT2D eigenvalue weighted by molar-refractivity contribution is 0.0525. The molecule has 1 aliphatic rings. The Morgan fingerprint density at radius 1 is 1.11 bits per heavy atom. The number of aryl methyl sites for hydroxylation is 1. The zero-order chi connectivity index (χ0) is 19.8. The van der Waals surface area contributed by atoms with Crippen molar-refractivity contribution in [1.82, 2.24) is 19.6 Å². The van der Waals surface area contributed by atoms with Gasteiger partial charge in [-0.3, -0.25) is 9.58 Å². The van der Waals surface area contributed by atoms with Crippen LogP contribution in [0.2, 0.25) is 0 Å². The molecule has 154 valence electrons. The van der Waals surface area contributed by atoms with Crippen LogP contribution in [0.1, 0.15) is 18.4 Å². The van der Waals surface area contributed by atoms with Crippen molar-refractivity contribution in [2.75, 3.05) is 47.0 Å². The fourth-order valence-corrected chi connectivity index (χ4v) is 3.87. The van der Waals surface area contributed by atoms with Crippen LogP contribution in [0.15, 0.2) is 36.7 Å². The predicted octanol–water partition coefficient (Wildman–Crippen LogP) is 1.86. The van der Waals surface area contributed by atoms with Crippen molar-refractivity contribution in [2.45, 2.75) is 32.0 Å². The highest BCUT2D eigenvalue weighted by Gasteiger charge is 2.26. The van der Waals surface area contributed by atoms with Crippen LogP contribution in [0.3, 0.4) is 0 Å². The van der Waals surface area contributed by atoms with E-state index in [0.717, 1.165) is 63.6 Å². The van der Waals surface area contributed by atoms with Crippen molar-refractivity contribution in [3.05, 3.63) is 42.2 Å². The van der Waals surface area contributed by atoms with Crippen LogP contribution in [0.25, 0.3) is 0 Å². The van der Waals surface area contributed by atoms with E-state index in [0.29, 0.717) is 6.04 Å². The molecule has 1 aromatic carbocycles. The minimum absolute atomic E-state index is 0.212. The van der Waals surface area contributed by atoms with Crippen LogP contribution >= 0.6 is 0 Å². The van der Waals surface area contributed by atoms with E-state index in [1.54, 1.807) is 14.2 Å². The Morgan fingerprint density at radius 3 is 2.54 bits per heavy atom. The summed E-state index contributed by atoms with van der Waals surface area (Å²) in [6.45, 7) is 6.07. The summed E-state index contributed by atoms with van der Waals surface area (Å²) in [5, 5.41) is 13.8. The van der Waals surface area contributed by atoms with Crippen LogP contribution in [-0.2, 0) is 13.1 Å². The Morgan fingerprint density at radius 2 is 1.89 bits per heavy atom. The lowest BCUT2D eigenvalue weighted by Crippen LogP contribution is -2.53. The molecule has 2 aromatic rings. The van der Waals surface area contributed by atoms with Crippen molar-refractivity contribution in [3.8, 4) is 11.5 Å². The fourth-order valence-electron chi connectivity index (χ4n) is 3.87. The molecule has 0 spiro atoms. The molecule has 0 saturated carbocycles. The molecule has 0 radical (unpaired) electrons. The molecule has 0 amide bonds. The summed E-state index contributed by atoms with van der Waals surface area (Å²) in [5.41, 5.74) is 1.17. The van der Waals surface area contributed by atoms with Crippen LogP contribution in [-0.4, -0.2) is 77.7 Å². The lowest BCUT2D eigenvalue weighted by atomic mass is 10.1. The van der Waals surface area contributed by atoms with Gasteiger partial charge in [0.1, 0.15) is 11.5 Å². The topological polar surface area (TPSA) is 63.0 Å². The summed E-state index contributed by atoms with van der Waals surface area (Å²) in [4.78, 5) is 4.97. The molecule has 1 atom stereocenters. The van der Waals surface area contributed by atoms with Crippen LogP contribution in [0, 0.1) is 0 Å². The Bertz CT molecular complexity index is 685. The first-order valence-corrected chi connectivity index (χ1v) is 9.98. The minimum Gasteiger partial charge on any atom is -0.497 e. The Hall–Kier alpha value is -2.09. The third-order valence-electron chi connectivity index (χ3n) is 5.37. The number of aliphatic hydroxyl groups is 1. The maximum absolute atomic E-state index is 9.56. The Balaban J connectivity index is 1.56. The minimum atomic E-state index is 0.212. The van der Waals surface area contributed by atoms with Crippen molar-refractivity contribution in [3.63, 3.8) is 0 Å². The normalized spacial score (nSPS) is 18.3. The van der Waals surface area contributed by atoms with Gasteiger partial charge in [0.2, 0.25) is 0 Å². The SMILES string of the molecule is COc1cc(CN2CCN(CCCn3cccn3)CC2CCO)cc(OC)c1. The number of piperazine rings is 1. The predicted molar refractivity (Wildman–Crippen MR) is 109 cm³/mol. The third kappa shape index (κ3) is 5.70. The summed E-state index contributed by atoms with van der Waals surface area (Å²) >= 11 is 0. The van der Waals surface area contributed by atoms with Gasteiger partial charge in [0.25, 0.3) is 0 Å². The molecule has 1 aromatic heterocycles. The number of methoxy groups -OCH3 is 2. The molecule has 7 heteroatoms. The number of benzene rings is 1. The van der Waals surface area contributed by atoms with Crippen LogP contribution in [0.5, 0.6) is 11.5 Å². The first-order valence-electron chi connectivity index (χ1n) is 9.98.